The number of halogens is 4. The van der Waals surface area contributed by atoms with Gasteiger partial charge >= 0.3 is 0 Å². The van der Waals surface area contributed by atoms with Gasteiger partial charge in [0, 0.05) is 11.6 Å². The molecule has 152 valence electrons. The van der Waals surface area contributed by atoms with Gasteiger partial charge in [-0.05, 0) is 23.3 Å². The summed E-state index contributed by atoms with van der Waals surface area (Å²) in [5, 5.41) is 19.6. The van der Waals surface area contributed by atoms with Gasteiger partial charge in [-0.3, -0.25) is 4.55 Å². The Balaban J connectivity index is 2.62. The molecular formula is C19H12Cl4O5S. The van der Waals surface area contributed by atoms with Crippen LogP contribution < -0.4 is 0 Å². The van der Waals surface area contributed by atoms with E-state index in [9.17, 15) is 23.2 Å². The summed E-state index contributed by atoms with van der Waals surface area (Å²) in [5.41, 5.74) is -0.464. The van der Waals surface area contributed by atoms with Crippen molar-refractivity contribution in [2.24, 2.45) is 0 Å². The standard InChI is InChI=1S/C19H12Cl4O5S/c20-12-8-11(6-7-14(12)24)19(29(26,27)28,10-4-2-1-3-5-10)16-15(25)9-13(21)17(22)18(16)23/h1-9,24-25H,(H,26,27,28). The minimum Gasteiger partial charge on any atom is -0.507 e. The number of hydrogen-bond donors (Lipinski definition) is 3. The number of phenolic OH excluding ortho intramolecular Hbond substituents is 2. The largest absolute Gasteiger partial charge is 0.507 e. The highest BCUT2D eigenvalue weighted by Gasteiger charge is 2.52. The van der Waals surface area contributed by atoms with Crippen molar-refractivity contribution < 1.29 is 23.2 Å². The summed E-state index contributed by atoms with van der Waals surface area (Å²) in [6.07, 6.45) is 0. The molecular weight excluding hydrogens is 482 g/mol. The minimum absolute atomic E-state index is 0.0415. The van der Waals surface area contributed by atoms with Crippen molar-refractivity contribution in [1.82, 2.24) is 0 Å². The molecule has 0 heterocycles. The summed E-state index contributed by atoms with van der Waals surface area (Å²) in [5.74, 6) is -0.924. The van der Waals surface area contributed by atoms with Gasteiger partial charge in [-0.2, -0.15) is 8.42 Å². The second-order valence-corrected chi connectivity index (χ2v) is 9.20. The van der Waals surface area contributed by atoms with Crippen molar-refractivity contribution in [1.29, 1.82) is 0 Å². The van der Waals surface area contributed by atoms with Crippen LogP contribution in [-0.2, 0) is 14.9 Å². The lowest BCUT2D eigenvalue weighted by Crippen LogP contribution is -2.38. The molecule has 3 aromatic rings. The van der Waals surface area contributed by atoms with Gasteiger partial charge in [0.25, 0.3) is 10.1 Å². The van der Waals surface area contributed by atoms with E-state index < -0.39 is 26.2 Å². The first-order valence-electron chi connectivity index (χ1n) is 7.90. The Labute approximate surface area is 186 Å². The molecule has 3 rings (SSSR count). The molecule has 0 saturated carbocycles. The van der Waals surface area contributed by atoms with Crippen LogP contribution >= 0.6 is 46.4 Å². The van der Waals surface area contributed by atoms with E-state index in [2.05, 4.69) is 0 Å². The van der Waals surface area contributed by atoms with Crippen LogP contribution in [0.2, 0.25) is 20.1 Å². The van der Waals surface area contributed by atoms with Crippen LogP contribution in [0.4, 0.5) is 0 Å². The molecule has 0 fully saturated rings. The molecule has 0 aliphatic heterocycles. The molecule has 3 N–H and O–H groups in total. The molecule has 0 amide bonds. The molecule has 29 heavy (non-hydrogen) atoms. The topological polar surface area (TPSA) is 94.8 Å². The molecule has 0 aliphatic rings. The fourth-order valence-electron chi connectivity index (χ4n) is 3.20. The third-order valence-corrected chi connectivity index (χ3v) is 7.43. The zero-order valence-corrected chi connectivity index (χ0v) is 18.1. The molecule has 0 aromatic heterocycles. The summed E-state index contributed by atoms with van der Waals surface area (Å²) in [6, 6.07) is 12.1. The maximum Gasteiger partial charge on any atom is 0.283 e. The molecule has 0 bridgehead atoms. The lowest BCUT2D eigenvalue weighted by Gasteiger charge is -2.34. The van der Waals surface area contributed by atoms with Gasteiger partial charge < -0.3 is 10.2 Å². The fraction of sp³-hybridized carbons (Fsp3) is 0.0526. The Morgan fingerprint density at radius 1 is 0.724 bits per heavy atom. The summed E-state index contributed by atoms with van der Waals surface area (Å²) < 4.78 is 34.0. The van der Waals surface area contributed by atoms with Gasteiger partial charge in [-0.1, -0.05) is 82.8 Å². The van der Waals surface area contributed by atoms with E-state index in [0.717, 1.165) is 18.2 Å². The molecule has 5 nitrogen and oxygen atoms in total. The van der Waals surface area contributed by atoms with Crippen LogP contribution in [0.25, 0.3) is 0 Å². The molecule has 0 radical (unpaired) electrons. The monoisotopic (exact) mass is 492 g/mol. The van der Waals surface area contributed by atoms with Crippen molar-refractivity contribution in [2.45, 2.75) is 4.75 Å². The van der Waals surface area contributed by atoms with Crippen LogP contribution in [0, 0.1) is 0 Å². The van der Waals surface area contributed by atoms with Gasteiger partial charge in [0.05, 0.1) is 20.1 Å². The van der Waals surface area contributed by atoms with Crippen LogP contribution in [0.1, 0.15) is 16.7 Å². The highest BCUT2D eigenvalue weighted by Crippen LogP contribution is 2.53. The van der Waals surface area contributed by atoms with E-state index in [1.54, 1.807) is 18.2 Å². The summed E-state index contributed by atoms with van der Waals surface area (Å²) in [6.45, 7) is 0. The Hall–Kier alpha value is -1.67. The van der Waals surface area contributed by atoms with Crippen molar-refractivity contribution in [3.8, 4) is 11.5 Å². The predicted octanol–water partition coefficient (Wildman–Crippen LogP) is 5.89. The van der Waals surface area contributed by atoms with Gasteiger partial charge in [0.15, 0.2) is 4.75 Å². The molecule has 1 atom stereocenters. The normalized spacial score (nSPS) is 13.8. The number of phenols is 2. The Kier molecular flexibility index (Phi) is 5.98. The SMILES string of the molecule is O=S(=O)(O)C(c1ccccc1)(c1ccc(O)c(Cl)c1)c1c(O)cc(Cl)c(Cl)c1Cl. The smallest absolute Gasteiger partial charge is 0.283 e. The second-order valence-electron chi connectivity index (χ2n) is 6.07. The quantitative estimate of drug-likeness (QED) is 0.239. The Bertz CT molecular complexity index is 1200. The van der Waals surface area contributed by atoms with E-state index in [1.807, 2.05) is 0 Å². The third kappa shape index (κ3) is 3.54. The predicted molar refractivity (Wildman–Crippen MR) is 114 cm³/mol. The van der Waals surface area contributed by atoms with Crippen LogP contribution in [0.5, 0.6) is 11.5 Å². The van der Waals surface area contributed by atoms with Gasteiger partial charge in [0.1, 0.15) is 11.5 Å². The number of rotatable bonds is 4. The molecule has 1 unspecified atom stereocenters. The first-order chi connectivity index (χ1) is 13.5. The average Bonchev–Trinajstić information content (AvgIpc) is 2.65. The second kappa shape index (κ2) is 7.87. The van der Waals surface area contributed by atoms with Crippen LogP contribution in [-0.4, -0.2) is 23.2 Å². The Morgan fingerprint density at radius 3 is 1.90 bits per heavy atom. The van der Waals surface area contributed by atoms with Crippen molar-refractivity contribution in [3.63, 3.8) is 0 Å². The maximum absolute atomic E-state index is 13.0. The highest BCUT2D eigenvalue weighted by molar-refractivity contribution is 7.87. The average molecular weight is 494 g/mol. The number of aromatic hydroxyl groups is 2. The first-order valence-corrected chi connectivity index (χ1v) is 10.9. The first kappa shape index (κ1) is 22.0. The van der Waals surface area contributed by atoms with Crippen molar-refractivity contribution in [2.75, 3.05) is 0 Å². The van der Waals surface area contributed by atoms with E-state index in [4.69, 9.17) is 46.4 Å². The van der Waals surface area contributed by atoms with Crippen LogP contribution in [0.15, 0.2) is 54.6 Å². The Morgan fingerprint density at radius 2 is 1.34 bits per heavy atom. The van der Waals surface area contributed by atoms with Crippen molar-refractivity contribution >= 4 is 56.5 Å². The number of benzene rings is 3. The minimum atomic E-state index is -5.08. The van der Waals surface area contributed by atoms with E-state index in [-0.39, 0.29) is 37.0 Å². The summed E-state index contributed by atoms with van der Waals surface area (Å²) in [4.78, 5) is 0. The van der Waals surface area contributed by atoms with Gasteiger partial charge in [-0.25, -0.2) is 0 Å². The lowest BCUT2D eigenvalue weighted by atomic mass is 9.83. The zero-order chi connectivity index (χ0) is 21.6. The summed E-state index contributed by atoms with van der Waals surface area (Å²) in [7, 11) is -5.08. The molecule has 10 heteroatoms. The van der Waals surface area contributed by atoms with Crippen molar-refractivity contribution in [3.05, 3.63) is 91.4 Å². The van der Waals surface area contributed by atoms with Gasteiger partial charge in [0.2, 0.25) is 0 Å². The molecule has 0 aliphatic carbocycles. The summed E-state index contributed by atoms with van der Waals surface area (Å²) >= 11 is 24.4. The molecule has 3 aromatic carbocycles. The molecule has 0 saturated heterocycles. The zero-order valence-electron chi connectivity index (χ0n) is 14.3. The van der Waals surface area contributed by atoms with E-state index >= 15 is 0 Å². The highest BCUT2D eigenvalue weighted by atomic mass is 35.5. The number of hydrogen-bond acceptors (Lipinski definition) is 4. The maximum atomic E-state index is 13.0. The van der Waals surface area contributed by atoms with Crippen LogP contribution in [0.3, 0.4) is 0 Å². The lowest BCUT2D eigenvalue weighted by molar-refractivity contribution is 0.440. The van der Waals surface area contributed by atoms with Gasteiger partial charge in [-0.15, -0.1) is 0 Å². The van der Waals surface area contributed by atoms with E-state index in [1.165, 1.54) is 18.2 Å². The molecule has 0 spiro atoms. The fourth-order valence-corrected chi connectivity index (χ4v) is 5.49. The third-order valence-electron chi connectivity index (χ3n) is 4.41. The van der Waals surface area contributed by atoms with E-state index in [0.29, 0.717) is 0 Å².